The Morgan fingerprint density at radius 2 is 2.00 bits per heavy atom. The largest absolute Gasteiger partial charge is 0.333 e. The van der Waals surface area contributed by atoms with Crippen LogP contribution in [-0.4, -0.2) is 31.1 Å². The maximum absolute atomic E-state index is 3.15. The summed E-state index contributed by atoms with van der Waals surface area (Å²) in [6.07, 6.45) is 2.62. The monoisotopic (exact) mass is 152 g/mol. The molecule has 0 amide bonds. The minimum atomic E-state index is 0.315. The molecule has 0 aliphatic carbocycles. The van der Waals surface area contributed by atoms with Crippen LogP contribution in [0.3, 0.4) is 0 Å². The minimum absolute atomic E-state index is 0.315. The van der Waals surface area contributed by atoms with E-state index >= 15 is 0 Å². The molecule has 1 fully saturated rings. The summed E-state index contributed by atoms with van der Waals surface area (Å²) in [6, 6.07) is 3.47. The molecule has 1 rings (SSSR count). The van der Waals surface area contributed by atoms with Crippen LogP contribution in [0.5, 0.6) is 0 Å². The predicted octanol–water partition coefficient (Wildman–Crippen LogP) is 0.651. The molecular weight excluding hydrogens is 136 g/mol. The first-order chi connectivity index (χ1) is 5.33. The predicted molar refractivity (Wildman–Crippen MR) is 47.1 cm³/mol. The van der Waals surface area contributed by atoms with Gasteiger partial charge in [0, 0.05) is 19.1 Å². The number of nitrogens with one attached hydrogen (secondary N) is 1. The van der Waals surface area contributed by atoms with E-state index in [0.717, 1.165) is 13.1 Å². The third-order valence-corrected chi connectivity index (χ3v) is 1.98. The Kier molecular flexibility index (Phi) is 3.25. The van der Waals surface area contributed by atoms with Crippen LogP contribution >= 0.6 is 0 Å². The molecule has 1 heterocycles. The topological polar surface area (TPSA) is 15.3 Å². The molecule has 1 unspecified atom stereocenters. The summed E-state index contributed by atoms with van der Waals surface area (Å²) < 4.78 is 0. The van der Waals surface area contributed by atoms with Crippen molar-refractivity contribution >= 4 is 0 Å². The molecule has 0 bridgehead atoms. The lowest BCUT2D eigenvalue weighted by atomic mass is 10.4. The molecule has 1 saturated heterocycles. The lowest BCUT2D eigenvalue weighted by Crippen LogP contribution is -2.20. The SMILES string of the molecule is CNC(C)C#CN1CCCC1. The highest BCUT2D eigenvalue weighted by Crippen LogP contribution is 2.04. The first kappa shape index (κ1) is 8.42. The van der Waals surface area contributed by atoms with E-state index in [9.17, 15) is 0 Å². The van der Waals surface area contributed by atoms with Crippen LogP contribution in [0.2, 0.25) is 0 Å². The van der Waals surface area contributed by atoms with Crippen LogP contribution in [0.15, 0.2) is 0 Å². The van der Waals surface area contributed by atoms with Gasteiger partial charge in [-0.3, -0.25) is 0 Å². The summed E-state index contributed by atoms with van der Waals surface area (Å²) in [7, 11) is 1.93. The van der Waals surface area contributed by atoms with E-state index in [1.807, 2.05) is 7.05 Å². The van der Waals surface area contributed by atoms with Gasteiger partial charge in [0.1, 0.15) is 0 Å². The van der Waals surface area contributed by atoms with Gasteiger partial charge in [-0.05, 0) is 26.8 Å². The van der Waals surface area contributed by atoms with Crippen molar-refractivity contribution in [3.8, 4) is 12.0 Å². The van der Waals surface area contributed by atoms with E-state index in [-0.39, 0.29) is 0 Å². The summed E-state index contributed by atoms with van der Waals surface area (Å²) in [5.74, 6) is 3.14. The number of likely N-dealkylation sites (tertiary alicyclic amines) is 1. The van der Waals surface area contributed by atoms with E-state index in [1.165, 1.54) is 12.8 Å². The van der Waals surface area contributed by atoms with E-state index in [1.54, 1.807) is 0 Å². The quantitative estimate of drug-likeness (QED) is 0.555. The zero-order valence-corrected chi connectivity index (χ0v) is 7.35. The zero-order chi connectivity index (χ0) is 8.10. The Hall–Kier alpha value is -0.680. The van der Waals surface area contributed by atoms with Gasteiger partial charge in [-0.2, -0.15) is 0 Å². The summed E-state index contributed by atoms with van der Waals surface area (Å²) in [4.78, 5) is 2.20. The van der Waals surface area contributed by atoms with Crippen molar-refractivity contribution in [3.05, 3.63) is 0 Å². The first-order valence-corrected chi connectivity index (χ1v) is 4.26. The van der Waals surface area contributed by atoms with Gasteiger partial charge < -0.3 is 10.2 Å². The molecule has 1 aliphatic rings. The molecule has 1 aliphatic heterocycles. The summed E-state index contributed by atoms with van der Waals surface area (Å²) in [6.45, 7) is 4.38. The number of hydrogen-bond acceptors (Lipinski definition) is 2. The highest BCUT2D eigenvalue weighted by molar-refractivity contribution is 5.05. The molecule has 2 heteroatoms. The number of rotatable bonds is 1. The Morgan fingerprint density at radius 3 is 2.55 bits per heavy atom. The van der Waals surface area contributed by atoms with Crippen LogP contribution in [0, 0.1) is 12.0 Å². The second-order valence-electron chi connectivity index (χ2n) is 2.96. The second-order valence-corrected chi connectivity index (χ2v) is 2.96. The summed E-state index contributed by atoms with van der Waals surface area (Å²) in [5.41, 5.74) is 0. The Bertz CT molecular complexity index is 160. The summed E-state index contributed by atoms with van der Waals surface area (Å²) >= 11 is 0. The highest BCUT2D eigenvalue weighted by atomic mass is 15.1. The van der Waals surface area contributed by atoms with Crippen molar-refractivity contribution in [2.45, 2.75) is 25.8 Å². The molecule has 11 heavy (non-hydrogen) atoms. The van der Waals surface area contributed by atoms with Gasteiger partial charge >= 0.3 is 0 Å². The van der Waals surface area contributed by atoms with Crippen LogP contribution in [0.4, 0.5) is 0 Å². The van der Waals surface area contributed by atoms with Gasteiger partial charge in [-0.15, -0.1) is 0 Å². The molecule has 0 saturated carbocycles. The van der Waals surface area contributed by atoms with Gasteiger partial charge in [0.2, 0.25) is 0 Å². The second kappa shape index (κ2) is 4.25. The average Bonchev–Trinajstić information content (AvgIpc) is 2.52. The summed E-state index contributed by atoms with van der Waals surface area (Å²) in [5, 5.41) is 3.09. The fraction of sp³-hybridized carbons (Fsp3) is 0.778. The highest BCUT2D eigenvalue weighted by Gasteiger charge is 2.06. The van der Waals surface area contributed by atoms with Crippen molar-refractivity contribution in [2.75, 3.05) is 20.1 Å². The Labute approximate surface area is 69.0 Å². The lowest BCUT2D eigenvalue weighted by Gasteiger charge is -2.06. The van der Waals surface area contributed by atoms with E-state index in [0.29, 0.717) is 6.04 Å². The Morgan fingerprint density at radius 1 is 1.36 bits per heavy atom. The van der Waals surface area contributed by atoms with Crippen LogP contribution in [0.1, 0.15) is 19.8 Å². The molecule has 0 aromatic heterocycles. The molecule has 1 N–H and O–H groups in total. The molecular formula is C9H16N2. The fourth-order valence-electron chi connectivity index (χ4n) is 1.09. The van der Waals surface area contributed by atoms with Gasteiger partial charge in [0.15, 0.2) is 0 Å². The van der Waals surface area contributed by atoms with Gasteiger partial charge in [0.05, 0.1) is 6.04 Å². The molecule has 0 spiro atoms. The van der Waals surface area contributed by atoms with Gasteiger partial charge in [-0.25, -0.2) is 0 Å². The van der Waals surface area contributed by atoms with Gasteiger partial charge in [-0.1, -0.05) is 5.92 Å². The van der Waals surface area contributed by atoms with Crippen LogP contribution < -0.4 is 5.32 Å². The first-order valence-electron chi connectivity index (χ1n) is 4.26. The fourth-order valence-corrected chi connectivity index (χ4v) is 1.09. The zero-order valence-electron chi connectivity index (χ0n) is 7.35. The van der Waals surface area contributed by atoms with Crippen molar-refractivity contribution in [1.82, 2.24) is 10.2 Å². The molecule has 0 radical (unpaired) electrons. The minimum Gasteiger partial charge on any atom is -0.333 e. The normalized spacial score (nSPS) is 19.3. The van der Waals surface area contributed by atoms with E-state index in [4.69, 9.17) is 0 Å². The van der Waals surface area contributed by atoms with E-state index in [2.05, 4.69) is 29.1 Å². The smallest absolute Gasteiger partial charge is 0.0677 e. The molecule has 2 nitrogen and oxygen atoms in total. The van der Waals surface area contributed by atoms with Gasteiger partial charge in [0.25, 0.3) is 0 Å². The maximum Gasteiger partial charge on any atom is 0.0677 e. The van der Waals surface area contributed by atoms with Crippen LogP contribution in [0.25, 0.3) is 0 Å². The van der Waals surface area contributed by atoms with Crippen molar-refractivity contribution < 1.29 is 0 Å². The molecule has 0 aromatic carbocycles. The van der Waals surface area contributed by atoms with Crippen molar-refractivity contribution in [2.24, 2.45) is 0 Å². The molecule has 1 atom stereocenters. The maximum atomic E-state index is 3.15. The standard InChI is InChI=1S/C9H16N2/c1-9(10-2)5-8-11-6-3-4-7-11/h9-10H,3-4,6-7H2,1-2H3. The Balaban J connectivity index is 2.30. The number of nitrogens with zero attached hydrogens (tertiary/aromatic N) is 1. The average molecular weight is 152 g/mol. The van der Waals surface area contributed by atoms with Crippen molar-refractivity contribution in [1.29, 1.82) is 0 Å². The third-order valence-electron chi connectivity index (χ3n) is 1.98. The van der Waals surface area contributed by atoms with Crippen LogP contribution in [-0.2, 0) is 0 Å². The molecule has 0 aromatic rings. The molecule has 62 valence electrons. The lowest BCUT2D eigenvalue weighted by molar-refractivity contribution is 0.494. The van der Waals surface area contributed by atoms with Crippen molar-refractivity contribution in [3.63, 3.8) is 0 Å². The van der Waals surface area contributed by atoms with E-state index < -0.39 is 0 Å². The third kappa shape index (κ3) is 2.81. The number of hydrogen-bond donors (Lipinski definition) is 1.